The fraction of sp³-hybridized carbons (Fsp3) is 0.423. The first-order valence-electron chi connectivity index (χ1n) is 11.7. The first-order valence-corrected chi connectivity index (χ1v) is 11.7. The average Bonchev–Trinajstić information content (AvgIpc) is 3.15. The van der Waals surface area contributed by atoms with Crippen LogP contribution in [0.3, 0.4) is 0 Å². The van der Waals surface area contributed by atoms with Gasteiger partial charge in [-0.15, -0.1) is 0 Å². The van der Waals surface area contributed by atoms with Crippen LogP contribution in [0.2, 0.25) is 0 Å². The highest BCUT2D eigenvalue weighted by Gasteiger charge is 2.30. The number of amides is 2. The van der Waals surface area contributed by atoms with Crippen molar-refractivity contribution in [2.45, 2.75) is 50.2 Å². The Morgan fingerprint density at radius 1 is 1.03 bits per heavy atom. The zero-order chi connectivity index (χ0) is 24.1. The number of carbonyl (C=O) groups is 3. The van der Waals surface area contributed by atoms with Crippen molar-refractivity contribution in [2.75, 3.05) is 19.7 Å². The minimum absolute atomic E-state index is 0.0603. The Bertz CT molecular complexity index is 1010. The summed E-state index contributed by atoms with van der Waals surface area (Å²) < 4.78 is 5.45. The van der Waals surface area contributed by atoms with Crippen LogP contribution < -0.4 is 5.32 Å². The van der Waals surface area contributed by atoms with Gasteiger partial charge in [0, 0.05) is 25.0 Å². The van der Waals surface area contributed by atoms with Gasteiger partial charge in [0.25, 0.3) is 0 Å². The zero-order valence-corrected chi connectivity index (χ0v) is 19.0. The van der Waals surface area contributed by atoms with Crippen molar-refractivity contribution >= 4 is 18.0 Å². The molecule has 0 bridgehead atoms. The lowest BCUT2D eigenvalue weighted by Gasteiger charge is -2.35. The fourth-order valence-corrected chi connectivity index (χ4v) is 4.98. The third kappa shape index (κ3) is 5.39. The third-order valence-electron chi connectivity index (χ3n) is 6.59. The van der Waals surface area contributed by atoms with E-state index in [0.29, 0.717) is 13.0 Å². The maximum absolute atomic E-state index is 12.6. The number of aliphatic hydroxyl groups is 1. The van der Waals surface area contributed by atoms with Gasteiger partial charge in [-0.1, -0.05) is 48.5 Å². The molecule has 0 spiro atoms. The van der Waals surface area contributed by atoms with E-state index in [9.17, 15) is 19.5 Å². The number of aliphatic hydroxyl groups excluding tert-OH is 1. The summed E-state index contributed by atoms with van der Waals surface area (Å²) in [4.78, 5) is 37.5. The molecule has 0 saturated carbocycles. The number of hydrogen-bond donors (Lipinski definition) is 3. The van der Waals surface area contributed by atoms with Crippen molar-refractivity contribution in [3.8, 4) is 11.1 Å². The number of ether oxygens (including phenoxy) is 1. The van der Waals surface area contributed by atoms with Gasteiger partial charge in [0.2, 0.25) is 5.91 Å². The van der Waals surface area contributed by atoms with E-state index in [2.05, 4.69) is 17.4 Å². The average molecular weight is 467 g/mol. The van der Waals surface area contributed by atoms with Crippen LogP contribution in [0.4, 0.5) is 4.79 Å². The van der Waals surface area contributed by atoms with Crippen LogP contribution in [0.25, 0.3) is 11.1 Å². The number of carboxylic acids is 1. The molecule has 0 radical (unpaired) electrons. The predicted molar refractivity (Wildman–Crippen MR) is 125 cm³/mol. The summed E-state index contributed by atoms with van der Waals surface area (Å²) in [5.41, 5.74) is 4.50. The molecule has 34 heavy (non-hydrogen) atoms. The SMILES string of the molecule is O=C(O)CC1CCCCN1C(=O)CC(O)CNC(=O)OCC1c2ccccc2-c2ccccc21. The second-order valence-electron chi connectivity index (χ2n) is 8.90. The number of benzene rings is 2. The van der Waals surface area contributed by atoms with Gasteiger partial charge in [0.15, 0.2) is 0 Å². The van der Waals surface area contributed by atoms with Gasteiger partial charge < -0.3 is 25.2 Å². The lowest BCUT2D eigenvalue weighted by molar-refractivity contribution is -0.142. The van der Waals surface area contributed by atoms with E-state index < -0.39 is 18.2 Å². The Hall–Kier alpha value is -3.39. The van der Waals surface area contributed by atoms with Crippen LogP contribution in [-0.2, 0) is 14.3 Å². The van der Waals surface area contributed by atoms with E-state index in [0.717, 1.165) is 35.1 Å². The number of carbonyl (C=O) groups excluding carboxylic acids is 2. The molecule has 2 aliphatic rings. The number of nitrogens with zero attached hydrogens (tertiary/aromatic N) is 1. The number of carboxylic acid groups (broad SMARTS) is 1. The van der Waals surface area contributed by atoms with Crippen LogP contribution in [0.15, 0.2) is 48.5 Å². The van der Waals surface area contributed by atoms with Crippen LogP contribution in [0.1, 0.15) is 49.1 Å². The number of hydrogen-bond acceptors (Lipinski definition) is 5. The van der Waals surface area contributed by atoms with E-state index >= 15 is 0 Å². The first kappa shape index (κ1) is 23.8. The molecule has 1 saturated heterocycles. The Balaban J connectivity index is 1.26. The van der Waals surface area contributed by atoms with Crippen molar-refractivity contribution in [2.24, 2.45) is 0 Å². The molecule has 2 unspecified atom stereocenters. The molecule has 8 nitrogen and oxygen atoms in total. The molecule has 2 amide bonds. The summed E-state index contributed by atoms with van der Waals surface area (Å²) in [6.07, 6.45) is 0.324. The molecular weight excluding hydrogens is 436 g/mol. The summed E-state index contributed by atoms with van der Waals surface area (Å²) in [5, 5.41) is 21.9. The smallest absolute Gasteiger partial charge is 0.407 e. The maximum Gasteiger partial charge on any atom is 0.407 e. The van der Waals surface area contributed by atoms with E-state index in [-0.39, 0.29) is 43.9 Å². The molecule has 1 heterocycles. The number of piperidine rings is 1. The Kier molecular flexibility index (Phi) is 7.47. The highest BCUT2D eigenvalue weighted by molar-refractivity contribution is 5.79. The number of rotatable bonds is 8. The molecule has 4 rings (SSSR count). The molecule has 8 heteroatoms. The van der Waals surface area contributed by atoms with Gasteiger partial charge in [0.1, 0.15) is 6.61 Å². The number of fused-ring (bicyclic) bond motifs is 3. The third-order valence-corrected chi connectivity index (χ3v) is 6.59. The van der Waals surface area contributed by atoms with Gasteiger partial charge in [-0.3, -0.25) is 9.59 Å². The molecule has 2 atom stereocenters. The molecule has 2 aromatic rings. The monoisotopic (exact) mass is 466 g/mol. The number of alkyl carbamates (subject to hydrolysis) is 1. The zero-order valence-electron chi connectivity index (χ0n) is 19.0. The van der Waals surface area contributed by atoms with E-state index in [4.69, 9.17) is 9.84 Å². The Labute approximate surface area is 198 Å². The summed E-state index contributed by atoms with van der Waals surface area (Å²) in [6.45, 7) is 0.530. The van der Waals surface area contributed by atoms with Crippen molar-refractivity contribution in [1.29, 1.82) is 0 Å². The molecule has 3 N–H and O–H groups in total. The molecular formula is C26H30N2O6. The van der Waals surface area contributed by atoms with E-state index in [1.165, 1.54) is 0 Å². The summed E-state index contributed by atoms with van der Waals surface area (Å²) in [5.74, 6) is -1.30. The van der Waals surface area contributed by atoms with E-state index in [1.807, 2.05) is 36.4 Å². The molecule has 2 aromatic carbocycles. The second kappa shape index (κ2) is 10.7. The molecule has 180 valence electrons. The van der Waals surface area contributed by atoms with Gasteiger partial charge in [-0.25, -0.2) is 4.79 Å². The van der Waals surface area contributed by atoms with Gasteiger partial charge in [0.05, 0.1) is 18.9 Å². The Morgan fingerprint density at radius 3 is 2.32 bits per heavy atom. The summed E-state index contributed by atoms with van der Waals surface area (Å²) in [6, 6.07) is 15.8. The largest absolute Gasteiger partial charge is 0.481 e. The minimum Gasteiger partial charge on any atom is -0.481 e. The van der Waals surface area contributed by atoms with Crippen molar-refractivity contribution < 1.29 is 29.3 Å². The summed E-state index contributed by atoms with van der Waals surface area (Å²) in [7, 11) is 0. The number of nitrogens with one attached hydrogen (secondary N) is 1. The number of aliphatic carboxylic acids is 1. The van der Waals surface area contributed by atoms with Crippen LogP contribution >= 0.6 is 0 Å². The number of likely N-dealkylation sites (tertiary alicyclic amines) is 1. The highest BCUT2D eigenvalue weighted by atomic mass is 16.5. The molecule has 1 aliphatic carbocycles. The van der Waals surface area contributed by atoms with Crippen LogP contribution in [0, 0.1) is 0 Å². The van der Waals surface area contributed by atoms with Crippen LogP contribution in [0.5, 0.6) is 0 Å². The lowest BCUT2D eigenvalue weighted by atomic mass is 9.98. The van der Waals surface area contributed by atoms with Gasteiger partial charge >= 0.3 is 12.1 Å². The fourth-order valence-electron chi connectivity index (χ4n) is 4.98. The van der Waals surface area contributed by atoms with Crippen molar-refractivity contribution in [3.63, 3.8) is 0 Å². The lowest BCUT2D eigenvalue weighted by Crippen LogP contribution is -2.46. The molecule has 1 aliphatic heterocycles. The van der Waals surface area contributed by atoms with E-state index in [1.54, 1.807) is 4.90 Å². The van der Waals surface area contributed by atoms with Crippen molar-refractivity contribution in [3.05, 3.63) is 59.7 Å². The minimum atomic E-state index is -1.08. The topological polar surface area (TPSA) is 116 Å². The quantitative estimate of drug-likeness (QED) is 0.550. The van der Waals surface area contributed by atoms with Gasteiger partial charge in [-0.2, -0.15) is 0 Å². The first-order chi connectivity index (χ1) is 16.4. The second-order valence-corrected chi connectivity index (χ2v) is 8.90. The predicted octanol–water partition coefficient (Wildman–Crippen LogP) is 3.13. The molecule has 1 fully saturated rings. The maximum atomic E-state index is 12.6. The molecule has 0 aromatic heterocycles. The van der Waals surface area contributed by atoms with Crippen molar-refractivity contribution in [1.82, 2.24) is 10.2 Å². The van der Waals surface area contributed by atoms with Gasteiger partial charge in [-0.05, 0) is 41.5 Å². The normalized spacial score (nSPS) is 18.0. The highest BCUT2D eigenvalue weighted by Crippen LogP contribution is 2.44. The van der Waals surface area contributed by atoms with Crippen LogP contribution in [-0.4, -0.2) is 64.9 Å². The summed E-state index contributed by atoms with van der Waals surface area (Å²) >= 11 is 0. The Morgan fingerprint density at radius 2 is 1.68 bits per heavy atom. The standard InChI is InChI=1S/C26H30N2O6/c29-18(14-24(30)28-12-6-5-7-17(28)13-25(31)32)15-27-26(33)34-16-23-21-10-3-1-8-19(21)20-9-2-4-11-22(20)23/h1-4,8-11,17-18,23,29H,5-7,12-16H2,(H,27,33)(H,31,32).